The summed E-state index contributed by atoms with van der Waals surface area (Å²) in [6, 6.07) is 12.1. The summed E-state index contributed by atoms with van der Waals surface area (Å²) in [6.45, 7) is 0. The van der Waals surface area contributed by atoms with Gasteiger partial charge in [0, 0.05) is 11.9 Å². The minimum atomic E-state index is 0.567. The molecule has 0 saturated carbocycles. The molecule has 0 saturated heterocycles. The summed E-state index contributed by atoms with van der Waals surface area (Å²) >= 11 is 3.46. The second-order valence-electron chi connectivity index (χ2n) is 3.83. The van der Waals surface area contributed by atoms with E-state index in [2.05, 4.69) is 16.0 Å². The van der Waals surface area contributed by atoms with Gasteiger partial charge in [-0.05, 0) is 29.8 Å². The van der Waals surface area contributed by atoms with Crippen molar-refractivity contribution < 1.29 is 0 Å². The van der Waals surface area contributed by atoms with Gasteiger partial charge in [0.25, 0.3) is 0 Å². The summed E-state index contributed by atoms with van der Waals surface area (Å²) in [5.74, 6) is 1.43. The molecule has 0 atom stereocenters. The molecule has 2 heterocycles. The van der Waals surface area contributed by atoms with Crippen LogP contribution in [0.15, 0.2) is 46.9 Å². The lowest BCUT2D eigenvalue weighted by Crippen LogP contribution is -1.90. The van der Waals surface area contributed by atoms with Gasteiger partial charge in [0.05, 0.1) is 10.2 Å². The fourth-order valence-electron chi connectivity index (χ4n) is 1.64. The van der Waals surface area contributed by atoms with Gasteiger partial charge >= 0.3 is 0 Å². The van der Waals surface area contributed by atoms with Crippen molar-refractivity contribution in [3.8, 4) is 0 Å². The predicted octanol–water partition coefficient (Wildman–Crippen LogP) is 3.57. The molecular weight excluding hydrogens is 262 g/mol. The van der Waals surface area contributed by atoms with E-state index < -0.39 is 0 Å². The van der Waals surface area contributed by atoms with Gasteiger partial charge in [-0.2, -0.15) is 0 Å². The molecule has 2 aromatic heterocycles. The first-order chi connectivity index (χ1) is 8.81. The predicted molar refractivity (Wildman–Crippen MR) is 77.8 cm³/mol. The molecule has 0 aliphatic rings. The summed E-state index contributed by atoms with van der Waals surface area (Å²) in [7, 11) is 0. The monoisotopic (exact) mass is 273 g/mol. The number of aromatic nitrogens is 2. The molecule has 3 aromatic rings. The number of nitrogen functional groups attached to an aromatic ring is 1. The Morgan fingerprint density at radius 2 is 2.11 bits per heavy atom. The minimum absolute atomic E-state index is 0.567. The zero-order valence-corrected chi connectivity index (χ0v) is 11.2. The molecule has 1 aromatic carbocycles. The van der Waals surface area contributed by atoms with Crippen molar-refractivity contribution in [2.45, 2.75) is 10.1 Å². The van der Waals surface area contributed by atoms with E-state index in [1.54, 1.807) is 29.3 Å². The molecule has 90 valence electrons. The van der Waals surface area contributed by atoms with Gasteiger partial charge in [-0.3, -0.25) is 0 Å². The Hall–Kier alpha value is -1.59. The average Bonchev–Trinajstić information content (AvgIpc) is 2.79. The Bertz CT molecular complexity index is 646. The van der Waals surface area contributed by atoms with Crippen LogP contribution < -0.4 is 5.73 Å². The Balaban J connectivity index is 1.76. The van der Waals surface area contributed by atoms with Gasteiger partial charge < -0.3 is 5.73 Å². The number of rotatable bonds is 3. The van der Waals surface area contributed by atoms with Crippen LogP contribution in [-0.2, 0) is 5.75 Å². The molecule has 0 radical (unpaired) electrons. The molecule has 0 unspecified atom stereocenters. The molecule has 5 heteroatoms. The second kappa shape index (κ2) is 4.96. The summed E-state index contributed by atoms with van der Waals surface area (Å²) in [5, 5.41) is 0. The molecule has 18 heavy (non-hydrogen) atoms. The normalized spacial score (nSPS) is 10.9. The van der Waals surface area contributed by atoms with Crippen LogP contribution in [0.5, 0.6) is 0 Å². The number of thioether (sulfide) groups is 1. The third-order valence-electron chi connectivity index (χ3n) is 2.48. The van der Waals surface area contributed by atoms with Crippen LogP contribution in [0.25, 0.3) is 10.2 Å². The van der Waals surface area contributed by atoms with E-state index >= 15 is 0 Å². The third-order valence-corrected chi connectivity index (χ3v) is 4.73. The summed E-state index contributed by atoms with van der Waals surface area (Å²) < 4.78 is 2.32. The largest absolute Gasteiger partial charge is 0.384 e. The highest BCUT2D eigenvalue weighted by Crippen LogP contribution is 2.31. The maximum Gasteiger partial charge on any atom is 0.151 e. The van der Waals surface area contributed by atoms with Crippen molar-refractivity contribution in [2.24, 2.45) is 0 Å². The lowest BCUT2D eigenvalue weighted by molar-refractivity contribution is 1.26. The zero-order chi connectivity index (χ0) is 12.4. The van der Waals surface area contributed by atoms with E-state index in [-0.39, 0.29) is 0 Å². The van der Waals surface area contributed by atoms with Crippen molar-refractivity contribution in [2.75, 3.05) is 5.73 Å². The van der Waals surface area contributed by atoms with Crippen molar-refractivity contribution in [3.63, 3.8) is 0 Å². The number of para-hydroxylation sites is 1. The summed E-state index contributed by atoms with van der Waals surface area (Å²) in [4.78, 5) is 8.57. The van der Waals surface area contributed by atoms with Crippen LogP contribution in [-0.4, -0.2) is 9.97 Å². The van der Waals surface area contributed by atoms with Crippen LogP contribution in [0.4, 0.5) is 5.82 Å². The molecule has 0 aliphatic carbocycles. The van der Waals surface area contributed by atoms with Gasteiger partial charge in [-0.1, -0.05) is 23.9 Å². The molecule has 0 spiro atoms. The molecule has 0 aliphatic heterocycles. The first-order valence-corrected chi connectivity index (χ1v) is 7.30. The number of hydrogen-bond acceptors (Lipinski definition) is 5. The smallest absolute Gasteiger partial charge is 0.151 e. The van der Waals surface area contributed by atoms with Gasteiger partial charge in [-0.25, -0.2) is 9.97 Å². The first kappa shape index (κ1) is 11.5. The van der Waals surface area contributed by atoms with Crippen LogP contribution in [0.1, 0.15) is 5.56 Å². The number of thiazole rings is 1. The van der Waals surface area contributed by atoms with Gasteiger partial charge in [0.1, 0.15) is 5.82 Å². The quantitative estimate of drug-likeness (QED) is 0.741. The number of benzene rings is 1. The number of anilines is 1. The summed E-state index contributed by atoms with van der Waals surface area (Å²) in [6.07, 6.45) is 1.74. The number of nitrogens with two attached hydrogens (primary N) is 1. The zero-order valence-electron chi connectivity index (χ0n) is 9.54. The highest BCUT2D eigenvalue weighted by molar-refractivity contribution is 8.00. The van der Waals surface area contributed by atoms with E-state index in [1.165, 1.54) is 10.3 Å². The van der Waals surface area contributed by atoms with E-state index in [9.17, 15) is 0 Å². The van der Waals surface area contributed by atoms with E-state index in [4.69, 9.17) is 5.73 Å². The fourth-order valence-corrected chi connectivity index (χ4v) is 3.65. The Morgan fingerprint density at radius 3 is 2.94 bits per heavy atom. The van der Waals surface area contributed by atoms with Gasteiger partial charge in [-0.15, -0.1) is 11.3 Å². The summed E-state index contributed by atoms with van der Waals surface area (Å²) in [5.41, 5.74) is 7.90. The first-order valence-electron chi connectivity index (χ1n) is 5.50. The van der Waals surface area contributed by atoms with E-state index in [0.717, 1.165) is 15.6 Å². The third kappa shape index (κ3) is 2.47. The highest BCUT2D eigenvalue weighted by atomic mass is 32.2. The Labute approximate surface area is 113 Å². The topological polar surface area (TPSA) is 51.8 Å². The molecular formula is C13H11N3S2. The molecule has 0 amide bonds. The van der Waals surface area contributed by atoms with Crippen LogP contribution >= 0.6 is 23.1 Å². The lowest BCUT2D eigenvalue weighted by atomic mass is 10.3. The lowest BCUT2D eigenvalue weighted by Gasteiger charge is -1.99. The van der Waals surface area contributed by atoms with Crippen LogP contribution in [0.3, 0.4) is 0 Å². The molecule has 2 N–H and O–H groups in total. The standard InChI is InChI=1S/C13H11N3S2/c14-12-7-9(5-6-15-12)8-17-13-16-10-3-1-2-4-11(10)18-13/h1-7H,8H2,(H2,14,15). The molecule has 3 nitrogen and oxygen atoms in total. The Kier molecular flexibility index (Phi) is 3.17. The number of hydrogen-bond donors (Lipinski definition) is 1. The minimum Gasteiger partial charge on any atom is -0.384 e. The number of pyridine rings is 1. The maximum atomic E-state index is 5.66. The Morgan fingerprint density at radius 1 is 1.22 bits per heavy atom. The number of fused-ring (bicyclic) bond motifs is 1. The van der Waals surface area contributed by atoms with Crippen molar-refractivity contribution >= 4 is 39.1 Å². The van der Waals surface area contributed by atoms with E-state index in [1.807, 2.05) is 30.3 Å². The van der Waals surface area contributed by atoms with Crippen molar-refractivity contribution in [3.05, 3.63) is 48.2 Å². The molecule has 0 fully saturated rings. The fraction of sp³-hybridized carbons (Fsp3) is 0.0769. The van der Waals surface area contributed by atoms with E-state index in [0.29, 0.717) is 5.82 Å². The van der Waals surface area contributed by atoms with Crippen molar-refractivity contribution in [1.82, 2.24) is 9.97 Å². The number of nitrogens with zero attached hydrogens (tertiary/aromatic N) is 2. The highest BCUT2D eigenvalue weighted by Gasteiger charge is 2.04. The molecule has 0 bridgehead atoms. The maximum absolute atomic E-state index is 5.66. The SMILES string of the molecule is Nc1cc(CSc2nc3ccccc3s2)ccn1. The molecule has 3 rings (SSSR count). The van der Waals surface area contributed by atoms with Gasteiger partial charge in [0.15, 0.2) is 4.34 Å². The van der Waals surface area contributed by atoms with Crippen molar-refractivity contribution in [1.29, 1.82) is 0 Å². The average molecular weight is 273 g/mol. The second-order valence-corrected chi connectivity index (χ2v) is 6.08. The van der Waals surface area contributed by atoms with Gasteiger partial charge in [0.2, 0.25) is 0 Å². The van der Waals surface area contributed by atoms with Crippen LogP contribution in [0.2, 0.25) is 0 Å². The van der Waals surface area contributed by atoms with Crippen LogP contribution in [0, 0.1) is 0 Å².